The first-order valence-corrected chi connectivity index (χ1v) is 7.69. The lowest BCUT2D eigenvalue weighted by Crippen LogP contribution is -2.48. The van der Waals surface area contributed by atoms with Crippen molar-refractivity contribution in [1.82, 2.24) is 10.2 Å². The smallest absolute Gasteiger partial charge is 0.244 e. The number of anilines is 2. The van der Waals surface area contributed by atoms with E-state index >= 15 is 0 Å². The van der Waals surface area contributed by atoms with Gasteiger partial charge in [0.15, 0.2) is 0 Å². The number of likely N-dealkylation sites (N-methyl/N-ethyl adjacent to an activating group) is 1. The molecule has 0 fully saturated rings. The van der Waals surface area contributed by atoms with Crippen molar-refractivity contribution in [2.24, 2.45) is 0 Å². The molecule has 1 aromatic rings. The summed E-state index contributed by atoms with van der Waals surface area (Å²) >= 11 is 0. The molecule has 0 aromatic heterocycles. The van der Waals surface area contributed by atoms with Gasteiger partial charge in [0.2, 0.25) is 5.91 Å². The molecule has 1 aliphatic heterocycles. The minimum Gasteiger partial charge on any atom is -0.381 e. The Morgan fingerprint density at radius 2 is 2.14 bits per heavy atom. The van der Waals surface area contributed by atoms with Crippen molar-refractivity contribution in [3.63, 3.8) is 0 Å². The van der Waals surface area contributed by atoms with Crippen LogP contribution < -0.4 is 16.0 Å². The van der Waals surface area contributed by atoms with Gasteiger partial charge < -0.3 is 20.9 Å². The average molecular weight is 290 g/mol. The second kappa shape index (κ2) is 7.31. The van der Waals surface area contributed by atoms with Crippen LogP contribution in [-0.4, -0.2) is 49.6 Å². The molecule has 1 amide bonds. The van der Waals surface area contributed by atoms with Crippen LogP contribution in [0.1, 0.15) is 20.3 Å². The van der Waals surface area contributed by atoms with Gasteiger partial charge >= 0.3 is 0 Å². The molecule has 0 radical (unpaired) electrons. The molecule has 2 atom stereocenters. The molecule has 0 bridgehead atoms. The van der Waals surface area contributed by atoms with Crippen molar-refractivity contribution in [2.75, 3.05) is 37.3 Å². The molecule has 3 N–H and O–H groups in total. The van der Waals surface area contributed by atoms with Gasteiger partial charge in [-0.3, -0.25) is 4.79 Å². The number of para-hydroxylation sites is 2. The van der Waals surface area contributed by atoms with E-state index < -0.39 is 0 Å². The Hall–Kier alpha value is -1.75. The van der Waals surface area contributed by atoms with Crippen LogP contribution in [0.3, 0.4) is 0 Å². The predicted molar refractivity (Wildman–Crippen MR) is 87.7 cm³/mol. The Morgan fingerprint density at radius 3 is 2.86 bits per heavy atom. The van der Waals surface area contributed by atoms with E-state index in [9.17, 15) is 4.79 Å². The van der Waals surface area contributed by atoms with Gasteiger partial charge in [-0.05, 0) is 32.5 Å². The summed E-state index contributed by atoms with van der Waals surface area (Å²) in [5.41, 5.74) is 2.04. The maximum atomic E-state index is 12.2. The Kier molecular flexibility index (Phi) is 5.44. The summed E-state index contributed by atoms with van der Waals surface area (Å²) in [5.74, 6) is 0.0505. The molecule has 2 unspecified atom stereocenters. The van der Waals surface area contributed by atoms with Crippen molar-refractivity contribution in [3.8, 4) is 0 Å². The number of amides is 1. The van der Waals surface area contributed by atoms with E-state index in [1.54, 1.807) is 0 Å². The first-order chi connectivity index (χ1) is 10.1. The summed E-state index contributed by atoms with van der Waals surface area (Å²) < 4.78 is 0. The van der Waals surface area contributed by atoms with Crippen molar-refractivity contribution in [1.29, 1.82) is 0 Å². The molecule has 0 saturated carbocycles. The summed E-state index contributed by atoms with van der Waals surface area (Å²) in [4.78, 5) is 14.5. The number of nitrogens with one attached hydrogen (secondary N) is 3. The maximum Gasteiger partial charge on any atom is 0.244 e. The molecule has 21 heavy (non-hydrogen) atoms. The number of fused-ring (bicyclic) bond motifs is 1. The number of hydrogen-bond acceptors (Lipinski definition) is 4. The van der Waals surface area contributed by atoms with E-state index in [2.05, 4.69) is 41.7 Å². The van der Waals surface area contributed by atoms with Crippen LogP contribution in [0.4, 0.5) is 11.4 Å². The quantitative estimate of drug-likeness (QED) is 0.747. The number of carbonyl (C=O) groups is 1. The Morgan fingerprint density at radius 1 is 1.43 bits per heavy atom. The van der Waals surface area contributed by atoms with Crippen LogP contribution in [0.5, 0.6) is 0 Å². The Labute approximate surface area is 127 Å². The van der Waals surface area contributed by atoms with E-state index in [0.29, 0.717) is 19.1 Å². The number of hydrogen-bond donors (Lipinski definition) is 3. The number of rotatable bonds is 6. The molecule has 116 valence electrons. The average Bonchev–Trinajstić information content (AvgIpc) is 2.53. The van der Waals surface area contributed by atoms with Crippen LogP contribution >= 0.6 is 0 Å². The molecule has 1 aliphatic rings. The molecule has 0 saturated heterocycles. The highest BCUT2D eigenvalue weighted by molar-refractivity contribution is 5.88. The zero-order chi connectivity index (χ0) is 15.2. The third kappa shape index (κ3) is 4.11. The van der Waals surface area contributed by atoms with E-state index in [4.69, 9.17) is 0 Å². The number of benzene rings is 1. The monoisotopic (exact) mass is 290 g/mol. The zero-order valence-electron chi connectivity index (χ0n) is 13.1. The lowest BCUT2D eigenvalue weighted by Gasteiger charge is -2.28. The highest BCUT2D eigenvalue weighted by Crippen LogP contribution is 2.24. The standard InChI is InChI=1S/C16H26N4O/c1-4-12(2)20(3)10-9-17-16(21)15-11-18-13-7-5-6-8-14(13)19-15/h5-8,12,15,18-19H,4,9-11H2,1-3H3,(H,17,21). The van der Waals surface area contributed by atoms with Crippen molar-refractivity contribution in [2.45, 2.75) is 32.4 Å². The van der Waals surface area contributed by atoms with E-state index in [0.717, 1.165) is 24.3 Å². The maximum absolute atomic E-state index is 12.2. The fourth-order valence-electron chi connectivity index (χ4n) is 2.38. The highest BCUT2D eigenvalue weighted by Gasteiger charge is 2.23. The number of carbonyl (C=O) groups excluding carboxylic acids is 1. The second-order valence-corrected chi connectivity index (χ2v) is 5.65. The van der Waals surface area contributed by atoms with Gasteiger partial charge in [0.05, 0.1) is 11.4 Å². The second-order valence-electron chi connectivity index (χ2n) is 5.65. The topological polar surface area (TPSA) is 56.4 Å². The minimum atomic E-state index is -0.214. The Bertz CT molecular complexity index is 477. The molecular weight excluding hydrogens is 264 g/mol. The lowest BCUT2D eigenvalue weighted by molar-refractivity contribution is -0.121. The summed E-state index contributed by atoms with van der Waals surface area (Å²) in [5, 5.41) is 9.58. The van der Waals surface area contributed by atoms with Crippen molar-refractivity contribution >= 4 is 17.3 Å². The summed E-state index contributed by atoms with van der Waals surface area (Å²) in [7, 11) is 2.09. The predicted octanol–water partition coefficient (Wildman–Crippen LogP) is 1.74. The van der Waals surface area contributed by atoms with Crippen molar-refractivity contribution < 1.29 is 4.79 Å². The fourth-order valence-corrected chi connectivity index (χ4v) is 2.38. The van der Waals surface area contributed by atoms with E-state index in [1.165, 1.54) is 0 Å². The fraction of sp³-hybridized carbons (Fsp3) is 0.562. The molecule has 1 aromatic carbocycles. The molecule has 1 heterocycles. The lowest BCUT2D eigenvalue weighted by atomic mass is 10.1. The van der Waals surface area contributed by atoms with Gasteiger partial charge in [-0.25, -0.2) is 0 Å². The van der Waals surface area contributed by atoms with Crippen LogP contribution in [-0.2, 0) is 4.79 Å². The van der Waals surface area contributed by atoms with Crippen LogP contribution in [0, 0.1) is 0 Å². The highest BCUT2D eigenvalue weighted by atomic mass is 16.2. The van der Waals surface area contributed by atoms with Gasteiger partial charge in [-0.1, -0.05) is 19.1 Å². The Balaban J connectivity index is 1.77. The minimum absolute atomic E-state index is 0.0505. The first kappa shape index (κ1) is 15.6. The summed E-state index contributed by atoms with van der Waals surface area (Å²) in [6.45, 7) is 6.54. The number of nitrogens with zero attached hydrogens (tertiary/aromatic N) is 1. The SMILES string of the molecule is CCC(C)N(C)CCNC(=O)C1CNc2ccccc2N1. The third-order valence-electron chi connectivity index (χ3n) is 4.18. The molecule has 0 spiro atoms. The van der Waals surface area contributed by atoms with Crippen molar-refractivity contribution in [3.05, 3.63) is 24.3 Å². The van der Waals surface area contributed by atoms with Crippen LogP contribution in [0.2, 0.25) is 0 Å². The van der Waals surface area contributed by atoms with Gasteiger partial charge in [-0.15, -0.1) is 0 Å². The van der Waals surface area contributed by atoms with E-state index in [-0.39, 0.29) is 11.9 Å². The molecular formula is C16H26N4O. The van der Waals surface area contributed by atoms with Gasteiger partial charge in [0, 0.05) is 25.7 Å². The third-order valence-corrected chi connectivity index (χ3v) is 4.18. The normalized spacial score (nSPS) is 18.4. The first-order valence-electron chi connectivity index (χ1n) is 7.69. The van der Waals surface area contributed by atoms with Gasteiger partial charge in [0.25, 0.3) is 0 Å². The molecule has 2 rings (SSSR count). The van der Waals surface area contributed by atoms with Gasteiger partial charge in [0.1, 0.15) is 6.04 Å². The summed E-state index contributed by atoms with van der Waals surface area (Å²) in [6.07, 6.45) is 1.12. The zero-order valence-corrected chi connectivity index (χ0v) is 13.1. The van der Waals surface area contributed by atoms with Gasteiger partial charge in [-0.2, -0.15) is 0 Å². The van der Waals surface area contributed by atoms with Crippen LogP contribution in [0.15, 0.2) is 24.3 Å². The molecule has 5 nitrogen and oxygen atoms in total. The van der Waals surface area contributed by atoms with E-state index in [1.807, 2.05) is 24.3 Å². The largest absolute Gasteiger partial charge is 0.381 e. The molecule has 5 heteroatoms. The van der Waals surface area contributed by atoms with Crippen LogP contribution in [0.25, 0.3) is 0 Å². The summed E-state index contributed by atoms with van der Waals surface area (Å²) in [6, 6.07) is 8.28. The molecule has 0 aliphatic carbocycles.